The molecule has 0 saturated heterocycles. The van der Waals surface area contributed by atoms with Crippen molar-refractivity contribution in [3.05, 3.63) is 46.6 Å². The summed E-state index contributed by atoms with van der Waals surface area (Å²) in [5, 5.41) is 10.4. The van der Waals surface area contributed by atoms with Crippen molar-refractivity contribution in [1.82, 2.24) is 0 Å². The summed E-state index contributed by atoms with van der Waals surface area (Å²) in [7, 11) is 0. The maximum absolute atomic E-state index is 10.4. The molecule has 1 heteroatoms. The molecule has 0 radical (unpaired) electrons. The normalized spacial score (nSPS) is 32.8. The van der Waals surface area contributed by atoms with Crippen molar-refractivity contribution in [1.29, 1.82) is 0 Å². The fraction of sp³-hybridized carbons (Fsp3) is 0.600. The Labute approximate surface area is 131 Å². The molecule has 1 unspecified atom stereocenters. The molecule has 21 heavy (non-hydrogen) atoms. The molecule has 0 aliphatic heterocycles. The topological polar surface area (TPSA) is 20.2 Å². The summed E-state index contributed by atoms with van der Waals surface area (Å²) in [5.74, 6) is 0.478. The van der Waals surface area contributed by atoms with Gasteiger partial charge in [-0.1, -0.05) is 54.9 Å². The number of hydrogen-bond donors (Lipinski definition) is 1. The number of hydrogen-bond acceptors (Lipinski definition) is 1. The molecule has 0 fully saturated rings. The van der Waals surface area contributed by atoms with Gasteiger partial charge in [-0.25, -0.2) is 0 Å². The fourth-order valence-electron chi connectivity index (χ4n) is 2.52. The smallest absolute Gasteiger partial charge is 0.0784 e. The van der Waals surface area contributed by atoms with Crippen LogP contribution in [0.2, 0.25) is 0 Å². The predicted octanol–water partition coefficient (Wildman–Crippen LogP) is 5.73. The molecule has 0 saturated carbocycles. The summed E-state index contributed by atoms with van der Waals surface area (Å²) in [6.45, 7) is 10.9. The van der Waals surface area contributed by atoms with Gasteiger partial charge in [0.1, 0.15) is 0 Å². The van der Waals surface area contributed by atoms with E-state index >= 15 is 0 Å². The maximum Gasteiger partial charge on any atom is 0.0784 e. The van der Waals surface area contributed by atoms with E-state index in [1.54, 1.807) is 0 Å². The molecule has 1 rings (SSSR count). The number of allylic oxidation sites excluding steroid dienone is 6. The quantitative estimate of drug-likeness (QED) is 0.611. The maximum atomic E-state index is 10.4. The molecule has 0 aromatic heterocycles. The zero-order valence-electron chi connectivity index (χ0n) is 14.4. The van der Waals surface area contributed by atoms with Crippen LogP contribution in [0.5, 0.6) is 0 Å². The standard InChI is InChI=1S/C20H32O/c1-15(2)19-13-12-17(4)9-6-8-16(3)10-7-11-18(5)20(21)14-19/h8,11-13,15,20-21H,6-7,9-10,14H2,1-5H3/b16-8+,17-12+,18-11+,19-13+. The first kappa shape index (κ1) is 18.0. The van der Waals surface area contributed by atoms with Gasteiger partial charge in [0.15, 0.2) is 0 Å². The fourth-order valence-corrected chi connectivity index (χ4v) is 2.52. The van der Waals surface area contributed by atoms with E-state index in [1.807, 2.05) is 0 Å². The van der Waals surface area contributed by atoms with Crippen LogP contribution in [0.15, 0.2) is 46.6 Å². The average Bonchev–Trinajstić information content (AvgIpc) is 2.41. The summed E-state index contributed by atoms with van der Waals surface area (Å²) in [6, 6.07) is 0. The number of aliphatic hydroxyl groups is 1. The number of rotatable bonds is 1. The summed E-state index contributed by atoms with van der Waals surface area (Å²) in [6.07, 6.45) is 13.8. The van der Waals surface area contributed by atoms with E-state index in [4.69, 9.17) is 0 Å². The van der Waals surface area contributed by atoms with Crippen molar-refractivity contribution in [2.75, 3.05) is 0 Å². The molecule has 0 aromatic carbocycles. The van der Waals surface area contributed by atoms with Gasteiger partial charge >= 0.3 is 0 Å². The molecule has 1 nitrogen and oxygen atoms in total. The van der Waals surface area contributed by atoms with Gasteiger partial charge < -0.3 is 5.11 Å². The minimum absolute atomic E-state index is 0.348. The Morgan fingerprint density at radius 3 is 2.24 bits per heavy atom. The molecule has 0 heterocycles. The van der Waals surface area contributed by atoms with Gasteiger partial charge in [-0.3, -0.25) is 0 Å². The summed E-state index contributed by atoms with van der Waals surface area (Å²) in [4.78, 5) is 0. The molecular formula is C20H32O. The third kappa shape index (κ3) is 6.95. The van der Waals surface area contributed by atoms with Gasteiger partial charge in [0, 0.05) is 0 Å². The molecule has 1 aliphatic rings. The van der Waals surface area contributed by atoms with E-state index in [0.717, 1.165) is 37.7 Å². The third-order valence-electron chi connectivity index (χ3n) is 4.31. The minimum Gasteiger partial charge on any atom is -0.388 e. The second kappa shape index (κ2) is 9.04. The lowest BCUT2D eigenvalue weighted by Gasteiger charge is -2.17. The van der Waals surface area contributed by atoms with Crippen LogP contribution in [0, 0.1) is 5.92 Å². The Bertz CT molecular complexity index is 446. The van der Waals surface area contributed by atoms with E-state index in [1.165, 1.54) is 16.7 Å². The second-order valence-electron chi connectivity index (χ2n) is 6.71. The van der Waals surface area contributed by atoms with Crippen LogP contribution >= 0.6 is 0 Å². The highest BCUT2D eigenvalue weighted by molar-refractivity contribution is 5.21. The Kier molecular flexibility index (Phi) is 7.74. The van der Waals surface area contributed by atoms with Crippen LogP contribution in [-0.4, -0.2) is 11.2 Å². The monoisotopic (exact) mass is 288 g/mol. The SMILES string of the molecule is C/C1=C\C=C(\C(C)C)CC(O)/C(C)=C/CC/C(C)=C/CC1. The zero-order chi connectivity index (χ0) is 15.8. The van der Waals surface area contributed by atoms with E-state index in [-0.39, 0.29) is 6.10 Å². The van der Waals surface area contributed by atoms with Crippen LogP contribution in [0.1, 0.15) is 66.7 Å². The van der Waals surface area contributed by atoms with Crippen LogP contribution in [0.3, 0.4) is 0 Å². The molecule has 1 N–H and O–H groups in total. The lowest BCUT2D eigenvalue weighted by Crippen LogP contribution is -2.12. The molecule has 0 aromatic rings. The highest BCUT2D eigenvalue weighted by Gasteiger charge is 2.12. The third-order valence-corrected chi connectivity index (χ3v) is 4.31. The predicted molar refractivity (Wildman–Crippen MR) is 93.3 cm³/mol. The van der Waals surface area contributed by atoms with Gasteiger partial charge in [-0.2, -0.15) is 0 Å². The molecule has 0 amide bonds. The van der Waals surface area contributed by atoms with E-state index in [9.17, 15) is 5.11 Å². The Morgan fingerprint density at radius 1 is 0.952 bits per heavy atom. The first-order valence-electron chi connectivity index (χ1n) is 8.26. The lowest BCUT2D eigenvalue weighted by molar-refractivity contribution is 0.207. The number of aliphatic hydroxyl groups excluding tert-OH is 1. The largest absolute Gasteiger partial charge is 0.388 e. The van der Waals surface area contributed by atoms with E-state index < -0.39 is 0 Å². The lowest BCUT2D eigenvalue weighted by atomic mass is 9.92. The summed E-state index contributed by atoms with van der Waals surface area (Å²) in [5.41, 5.74) is 5.30. The Balaban J connectivity index is 2.99. The molecule has 1 aliphatic carbocycles. The van der Waals surface area contributed by atoms with Crippen molar-refractivity contribution < 1.29 is 5.11 Å². The van der Waals surface area contributed by atoms with Crippen molar-refractivity contribution >= 4 is 0 Å². The van der Waals surface area contributed by atoms with Gasteiger partial charge in [0.25, 0.3) is 0 Å². The van der Waals surface area contributed by atoms with E-state index in [2.05, 4.69) is 58.9 Å². The molecule has 0 spiro atoms. The molecule has 1 atom stereocenters. The van der Waals surface area contributed by atoms with E-state index in [0.29, 0.717) is 5.92 Å². The zero-order valence-corrected chi connectivity index (χ0v) is 14.4. The first-order valence-corrected chi connectivity index (χ1v) is 8.26. The van der Waals surface area contributed by atoms with Crippen LogP contribution in [0.4, 0.5) is 0 Å². The van der Waals surface area contributed by atoms with Gasteiger partial charge in [-0.15, -0.1) is 0 Å². The van der Waals surface area contributed by atoms with Gasteiger partial charge in [-0.05, 0) is 64.4 Å². The van der Waals surface area contributed by atoms with Crippen molar-refractivity contribution in [2.24, 2.45) is 5.92 Å². The van der Waals surface area contributed by atoms with Gasteiger partial charge in [0.05, 0.1) is 6.10 Å². The molecule has 0 bridgehead atoms. The minimum atomic E-state index is -0.348. The van der Waals surface area contributed by atoms with Crippen molar-refractivity contribution in [3.63, 3.8) is 0 Å². The van der Waals surface area contributed by atoms with Crippen molar-refractivity contribution in [2.45, 2.75) is 72.8 Å². The summed E-state index contributed by atoms with van der Waals surface area (Å²) < 4.78 is 0. The van der Waals surface area contributed by atoms with Crippen LogP contribution in [-0.2, 0) is 0 Å². The second-order valence-corrected chi connectivity index (χ2v) is 6.71. The molecular weight excluding hydrogens is 256 g/mol. The first-order chi connectivity index (χ1) is 9.90. The van der Waals surface area contributed by atoms with Crippen LogP contribution in [0.25, 0.3) is 0 Å². The Morgan fingerprint density at radius 2 is 1.57 bits per heavy atom. The van der Waals surface area contributed by atoms with Crippen molar-refractivity contribution in [3.8, 4) is 0 Å². The highest BCUT2D eigenvalue weighted by atomic mass is 16.3. The van der Waals surface area contributed by atoms with Crippen LogP contribution < -0.4 is 0 Å². The Hall–Kier alpha value is -1.08. The highest BCUT2D eigenvalue weighted by Crippen LogP contribution is 2.22. The average molecular weight is 288 g/mol. The summed E-state index contributed by atoms with van der Waals surface area (Å²) >= 11 is 0. The van der Waals surface area contributed by atoms with Gasteiger partial charge in [0.2, 0.25) is 0 Å². The molecule has 118 valence electrons.